The van der Waals surface area contributed by atoms with Crippen LogP contribution in [0.15, 0.2) is 30.3 Å². The number of rotatable bonds is 3. The summed E-state index contributed by atoms with van der Waals surface area (Å²) in [5.74, 6) is 0. The molecule has 3 nitrogen and oxygen atoms in total. The van der Waals surface area contributed by atoms with Crippen LogP contribution >= 0.6 is 36.4 Å². The largest absolute Gasteiger partial charge is 0.318 e. The molecule has 19 heavy (non-hydrogen) atoms. The van der Waals surface area contributed by atoms with Crippen molar-refractivity contribution in [2.75, 3.05) is 13.1 Å². The normalized spacial score (nSPS) is 18.0. The smallest absolute Gasteiger partial charge is 0.241 e. The fraction of sp³-hybridized carbons (Fsp3) is 0.462. The summed E-state index contributed by atoms with van der Waals surface area (Å²) in [5, 5.41) is -0.406. The van der Waals surface area contributed by atoms with Gasteiger partial charge in [-0.25, -0.2) is 0 Å². The number of likely N-dealkylation sites (tertiary alicyclic amines) is 1. The predicted molar refractivity (Wildman–Crippen MR) is 83.2 cm³/mol. The summed E-state index contributed by atoms with van der Waals surface area (Å²) in [4.78, 5) is 13.5. The van der Waals surface area contributed by atoms with Gasteiger partial charge in [0, 0.05) is 19.6 Å². The number of hydrogen-bond donors (Lipinski definition) is 1. The molecule has 1 fully saturated rings. The Morgan fingerprint density at radius 1 is 1.21 bits per heavy atom. The van der Waals surface area contributed by atoms with E-state index in [1.807, 2.05) is 18.2 Å². The number of benzene rings is 1. The molecular weight excluding hydrogens is 307 g/mol. The van der Waals surface area contributed by atoms with Crippen molar-refractivity contribution in [1.82, 2.24) is 4.90 Å². The molecule has 108 valence electrons. The SMILES string of the molecule is Cl.Cl.NC1(C(=O)Cl)CCN(Cc2ccccc2)CC1. The minimum Gasteiger partial charge on any atom is -0.318 e. The van der Waals surface area contributed by atoms with Gasteiger partial charge in [0.15, 0.2) is 0 Å². The Labute approximate surface area is 131 Å². The average Bonchev–Trinajstić information content (AvgIpc) is 2.33. The third-order valence-corrected chi connectivity index (χ3v) is 3.77. The van der Waals surface area contributed by atoms with Crippen LogP contribution in [0, 0.1) is 0 Å². The lowest BCUT2D eigenvalue weighted by Gasteiger charge is -2.36. The molecular formula is C13H19Cl3N2O. The Kier molecular flexibility index (Phi) is 7.94. The van der Waals surface area contributed by atoms with Crippen molar-refractivity contribution in [2.24, 2.45) is 5.73 Å². The molecule has 0 radical (unpaired) electrons. The van der Waals surface area contributed by atoms with E-state index in [1.165, 1.54) is 5.56 Å². The summed E-state index contributed by atoms with van der Waals surface area (Å²) in [6, 6.07) is 10.3. The van der Waals surface area contributed by atoms with E-state index in [4.69, 9.17) is 17.3 Å². The van der Waals surface area contributed by atoms with Crippen molar-refractivity contribution in [2.45, 2.75) is 24.9 Å². The minimum absolute atomic E-state index is 0. The summed E-state index contributed by atoms with van der Waals surface area (Å²) in [6.45, 7) is 2.56. The highest BCUT2D eigenvalue weighted by atomic mass is 35.5. The number of hydrogen-bond acceptors (Lipinski definition) is 3. The van der Waals surface area contributed by atoms with Gasteiger partial charge in [0.05, 0.1) is 5.54 Å². The van der Waals surface area contributed by atoms with Crippen LogP contribution in [-0.2, 0) is 11.3 Å². The first-order chi connectivity index (χ1) is 8.10. The lowest BCUT2D eigenvalue weighted by atomic mass is 9.90. The highest BCUT2D eigenvalue weighted by Gasteiger charge is 2.36. The lowest BCUT2D eigenvalue weighted by Crippen LogP contribution is -2.53. The van der Waals surface area contributed by atoms with E-state index in [9.17, 15) is 4.79 Å². The highest BCUT2D eigenvalue weighted by Crippen LogP contribution is 2.23. The van der Waals surface area contributed by atoms with Crippen LogP contribution in [0.2, 0.25) is 0 Å². The molecule has 0 spiro atoms. The molecule has 0 atom stereocenters. The van der Waals surface area contributed by atoms with Crippen molar-refractivity contribution in [3.8, 4) is 0 Å². The first kappa shape index (κ1) is 18.7. The first-order valence-corrected chi connectivity index (χ1v) is 6.23. The maximum absolute atomic E-state index is 11.2. The zero-order valence-corrected chi connectivity index (χ0v) is 12.9. The van der Waals surface area contributed by atoms with E-state index in [0.29, 0.717) is 12.8 Å². The molecule has 0 bridgehead atoms. The van der Waals surface area contributed by atoms with E-state index < -0.39 is 10.8 Å². The number of piperidine rings is 1. The van der Waals surface area contributed by atoms with E-state index >= 15 is 0 Å². The minimum atomic E-state index is -0.811. The molecule has 0 aliphatic carbocycles. The van der Waals surface area contributed by atoms with Crippen LogP contribution in [0.25, 0.3) is 0 Å². The topological polar surface area (TPSA) is 46.3 Å². The van der Waals surface area contributed by atoms with E-state index in [2.05, 4.69) is 17.0 Å². The van der Waals surface area contributed by atoms with Gasteiger partial charge in [-0.05, 0) is 30.0 Å². The van der Waals surface area contributed by atoms with E-state index in [0.717, 1.165) is 19.6 Å². The van der Waals surface area contributed by atoms with Gasteiger partial charge in [-0.15, -0.1) is 24.8 Å². The van der Waals surface area contributed by atoms with Gasteiger partial charge in [-0.2, -0.15) is 0 Å². The molecule has 1 heterocycles. The van der Waals surface area contributed by atoms with Crippen molar-refractivity contribution in [3.05, 3.63) is 35.9 Å². The maximum Gasteiger partial charge on any atom is 0.241 e. The third kappa shape index (κ3) is 4.93. The molecule has 1 aliphatic rings. The second-order valence-electron chi connectivity index (χ2n) is 4.69. The summed E-state index contributed by atoms with van der Waals surface area (Å²) in [5.41, 5.74) is 6.42. The predicted octanol–water partition coefficient (Wildman–Crippen LogP) is 2.59. The van der Waals surface area contributed by atoms with Gasteiger partial charge < -0.3 is 5.73 Å². The zero-order valence-electron chi connectivity index (χ0n) is 10.5. The first-order valence-electron chi connectivity index (χ1n) is 5.85. The molecule has 1 saturated heterocycles. The Morgan fingerprint density at radius 2 is 1.74 bits per heavy atom. The van der Waals surface area contributed by atoms with Crippen LogP contribution in [0.5, 0.6) is 0 Å². The van der Waals surface area contributed by atoms with Crippen LogP contribution in [0.1, 0.15) is 18.4 Å². The van der Waals surface area contributed by atoms with Crippen LogP contribution < -0.4 is 5.73 Å². The van der Waals surface area contributed by atoms with Crippen molar-refractivity contribution < 1.29 is 4.79 Å². The molecule has 0 aromatic heterocycles. The molecule has 1 aromatic rings. The monoisotopic (exact) mass is 324 g/mol. The fourth-order valence-corrected chi connectivity index (χ4v) is 2.34. The highest BCUT2D eigenvalue weighted by molar-refractivity contribution is 6.65. The van der Waals surface area contributed by atoms with Gasteiger partial charge in [0.25, 0.3) is 0 Å². The number of carbonyl (C=O) groups excluding carboxylic acids is 1. The number of halogens is 3. The number of nitrogens with zero attached hydrogens (tertiary/aromatic N) is 1. The van der Waals surface area contributed by atoms with Gasteiger partial charge in [0.2, 0.25) is 5.24 Å². The fourth-order valence-electron chi connectivity index (χ4n) is 2.15. The molecule has 0 saturated carbocycles. The molecule has 6 heteroatoms. The standard InChI is InChI=1S/C13H17ClN2O.2ClH/c14-12(17)13(15)6-8-16(9-7-13)10-11-4-2-1-3-5-11;;/h1-5H,6-10,15H2;2*1H. The number of carbonyl (C=O) groups is 1. The summed E-state index contributed by atoms with van der Waals surface area (Å²) < 4.78 is 0. The molecule has 1 aliphatic heterocycles. The van der Waals surface area contributed by atoms with Gasteiger partial charge in [-0.3, -0.25) is 9.69 Å². The Hall–Kier alpha value is -0.320. The summed E-state index contributed by atoms with van der Waals surface area (Å²) in [7, 11) is 0. The van der Waals surface area contributed by atoms with Crippen molar-refractivity contribution >= 4 is 41.7 Å². The Morgan fingerprint density at radius 3 is 2.21 bits per heavy atom. The van der Waals surface area contributed by atoms with E-state index in [1.54, 1.807) is 0 Å². The van der Waals surface area contributed by atoms with E-state index in [-0.39, 0.29) is 24.8 Å². The van der Waals surface area contributed by atoms with Crippen LogP contribution in [0.3, 0.4) is 0 Å². The molecule has 0 amide bonds. The van der Waals surface area contributed by atoms with Crippen LogP contribution in [-0.4, -0.2) is 28.8 Å². The molecule has 2 rings (SSSR count). The van der Waals surface area contributed by atoms with Gasteiger partial charge in [0.1, 0.15) is 0 Å². The summed E-state index contributed by atoms with van der Waals surface area (Å²) in [6.07, 6.45) is 1.28. The van der Waals surface area contributed by atoms with Crippen LogP contribution in [0.4, 0.5) is 0 Å². The maximum atomic E-state index is 11.2. The molecule has 2 N–H and O–H groups in total. The van der Waals surface area contributed by atoms with Crippen molar-refractivity contribution in [3.63, 3.8) is 0 Å². The van der Waals surface area contributed by atoms with Crippen molar-refractivity contribution in [1.29, 1.82) is 0 Å². The quantitative estimate of drug-likeness (QED) is 0.869. The van der Waals surface area contributed by atoms with Gasteiger partial charge in [-0.1, -0.05) is 30.3 Å². The third-order valence-electron chi connectivity index (χ3n) is 3.39. The second-order valence-corrected chi connectivity index (χ2v) is 5.03. The Balaban J connectivity index is 0.00000162. The lowest BCUT2D eigenvalue weighted by molar-refractivity contribution is -0.118. The zero-order chi connectivity index (χ0) is 12.3. The molecule has 1 aromatic carbocycles. The second kappa shape index (κ2) is 8.08. The van der Waals surface area contributed by atoms with Gasteiger partial charge >= 0.3 is 0 Å². The number of nitrogens with two attached hydrogens (primary N) is 1. The summed E-state index contributed by atoms with van der Waals surface area (Å²) >= 11 is 5.52. The average molecular weight is 326 g/mol. The Bertz CT molecular complexity index is 392. The molecule has 0 unspecified atom stereocenters.